The van der Waals surface area contributed by atoms with Crippen LogP contribution in [0.1, 0.15) is 30.4 Å². The molecule has 1 saturated heterocycles. The average molecular weight is 383 g/mol. The number of halogens is 1. The molecular weight excluding hydrogens is 356 g/mol. The summed E-state index contributed by atoms with van der Waals surface area (Å²) in [5, 5.41) is 3.70. The van der Waals surface area contributed by atoms with E-state index in [1.807, 2.05) is 30.3 Å². The number of amides is 1. The Hall–Kier alpha value is -2.10. The summed E-state index contributed by atoms with van der Waals surface area (Å²) in [6.45, 7) is 4.07. The lowest BCUT2D eigenvalue weighted by molar-refractivity contribution is -0.116. The van der Waals surface area contributed by atoms with Gasteiger partial charge in [-0.2, -0.15) is 0 Å². The van der Waals surface area contributed by atoms with Gasteiger partial charge in [-0.25, -0.2) is 0 Å². The fourth-order valence-electron chi connectivity index (χ4n) is 3.48. The maximum atomic E-state index is 11.9. The van der Waals surface area contributed by atoms with Crippen molar-refractivity contribution in [2.75, 3.05) is 19.6 Å². The number of hydrogen-bond acceptors (Lipinski definition) is 2. The van der Waals surface area contributed by atoms with Gasteiger partial charge in [-0.15, -0.1) is 0 Å². The maximum absolute atomic E-state index is 11.9. The fourth-order valence-corrected chi connectivity index (χ4v) is 3.61. The third-order valence-corrected chi connectivity index (χ3v) is 5.36. The molecule has 1 aliphatic rings. The normalized spacial score (nSPS) is 15.9. The number of hydrogen-bond donors (Lipinski definition) is 1. The Balaban J connectivity index is 1.32. The first-order chi connectivity index (χ1) is 13.2. The van der Waals surface area contributed by atoms with Gasteiger partial charge in [0.05, 0.1) is 0 Å². The zero-order valence-corrected chi connectivity index (χ0v) is 16.4. The van der Waals surface area contributed by atoms with Crippen LogP contribution in [0.4, 0.5) is 0 Å². The Bertz CT molecular complexity index is 735. The highest BCUT2D eigenvalue weighted by atomic mass is 35.5. The van der Waals surface area contributed by atoms with Crippen molar-refractivity contribution in [2.45, 2.75) is 25.8 Å². The van der Waals surface area contributed by atoms with Gasteiger partial charge in [0.2, 0.25) is 5.91 Å². The molecule has 3 rings (SSSR count). The van der Waals surface area contributed by atoms with Crippen LogP contribution in [0, 0.1) is 5.92 Å². The van der Waals surface area contributed by atoms with Gasteiger partial charge in [-0.3, -0.25) is 9.69 Å². The molecule has 142 valence electrons. The van der Waals surface area contributed by atoms with Crippen molar-refractivity contribution >= 4 is 23.6 Å². The molecule has 27 heavy (non-hydrogen) atoms. The first kappa shape index (κ1) is 19.7. The molecule has 1 fully saturated rings. The number of carbonyl (C=O) groups is 1. The zero-order chi connectivity index (χ0) is 18.9. The predicted molar refractivity (Wildman–Crippen MR) is 113 cm³/mol. The zero-order valence-electron chi connectivity index (χ0n) is 15.6. The van der Waals surface area contributed by atoms with Crippen LogP contribution in [-0.2, 0) is 11.3 Å². The van der Waals surface area contributed by atoms with Crippen LogP contribution in [-0.4, -0.2) is 30.4 Å². The van der Waals surface area contributed by atoms with E-state index in [4.69, 9.17) is 11.6 Å². The van der Waals surface area contributed by atoms with E-state index in [2.05, 4.69) is 40.5 Å². The van der Waals surface area contributed by atoms with E-state index in [1.54, 1.807) is 6.08 Å². The van der Waals surface area contributed by atoms with Gasteiger partial charge in [0.1, 0.15) is 0 Å². The van der Waals surface area contributed by atoms with Crippen molar-refractivity contribution in [3.63, 3.8) is 0 Å². The Morgan fingerprint density at radius 3 is 2.48 bits per heavy atom. The number of carbonyl (C=O) groups excluding carboxylic acids is 1. The summed E-state index contributed by atoms with van der Waals surface area (Å²) >= 11 is 5.86. The number of likely N-dealkylation sites (tertiary alicyclic amines) is 1. The van der Waals surface area contributed by atoms with Gasteiger partial charge >= 0.3 is 0 Å². The highest BCUT2D eigenvalue weighted by molar-refractivity contribution is 6.30. The molecule has 1 aliphatic heterocycles. The van der Waals surface area contributed by atoms with Gasteiger partial charge in [-0.1, -0.05) is 54.1 Å². The molecule has 0 atom stereocenters. The molecular formula is C23H27ClN2O. The lowest BCUT2D eigenvalue weighted by Gasteiger charge is -2.32. The van der Waals surface area contributed by atoms with E-state index in [0.717, 1.165) is 38.2 Å². The molecule has 0 radical (unpaired) electrons. The number of piperidine rings is 1. The highest BCUT2D eigenvalue weighted by Crippen LogP contribution is 2.21. The second-order valence-corrected chi connectivity index (χ2v) is 7.61. The van der Waals surface area contributed by atoms with Crippen LogP contribution in [0.15, 0.2) is 60.7 Å². The molecule has 1 amide bonds. The third-order valence-electron chi connectivity index (χ3n) is 5.11. The van der Waals surface area contributed by atoms with Crippen LogP contribution < -0.4 is 5.32 Å². The number of rotatable bonds is 7. The van der Waals surface area contributed by atoms with Crippen molar-refractivity contribution in [3.8, 4) is 0 Å². The smallest absolute Gasteiger partial charge is 0.243 e. The van der Waals surface area contributed by atoms with E-state index in [9.17, 15) is 4.79 Å². The van der Waals surface area contributed by atoms with E-state index >= 15 is 0 Å². The second kappa shape index (κ2) is 10.3. The van der Waals surface area contributed by atoms with Gasteiger partial charge < -0.3 is 5.32 Å². The molecule has 1 N–H and O–H groups in total. The van der Waals surface area contributed by atoms with Gasteiger partial charge in [-0.05, 0) is 67.6 Å². The van der Waals surface area contributed by atoms with E-state index in [0.29, 0.717) is 10.9 Å². The molecule has 2 aromatic carbocycles. The van der Waals surface area contributed by atoms with Crippen LogP contribution in [0.3, 0.4) is 0 Å². The lowest BCUT2D eigenvalue weighted by Crippen LogP contribution is -2.34. The summed E-state index contributed by atoms with van der Waals surface area (Å²) in [5.74, 6) is 0.670. The van der Waals surface area contributed by atoms with Crippen molar-refractivity contribution in [1.82, 2.24) is 10.2 Å². The van der Waals surface area contributed by atoms with Crippen molar-refractivity contribution in [2.24, 2.45) is 5.92 Å². The fraction of sp³-hybridized carbons (Fsp3) is 0.348. The standard InChI is InChI=1S/C23H27ClN2O/c24-22-9-6-19(7-10-22)8-11-23(27)25-15-12-20-13-16-26(17-14-20)18-21-4-2-1-3-5-21/h1-11,20H,12-18H2,(H,25,27)/b11-8+. The van der Waals surface area contributed by atoms with E-state index in [1.165, 1.54) is 18.4 Å². The monoisotopic (exact) mass is 382 g/mol. The molecule has 2 aromatic rings. The maximum Gasteiger partial charge on any atom is 0.243 e. The number of benzene rings is 2. The van der Waals surface area contributed by atoms with Gasteiger partial charge in [0.25, 0.3) is 0 Å². The molecule has 0 spiro atoms. The summed E-state index contributed by atoms with van der Waals surface area (Å²) in [6, 6.07) is 18.1. The predicted octanol–water partition coefficient (Wildman–Crippen LogP) is 4.77. The Labute approximate surface area is 167 Å². The SMILES string of the molecule is O=C(/C=C/c1ccc(Cl)cc1)NCCC1CCN(Cc2ccccc2)CC1. The van der Waals surface area contributed by atoms with Gasteiger partial charge in [0, 0.05) is 24.2 Å². The van der Waals surface area contributed by atoms with Crippen LogP contribution in [0.2, 0.25) is 5.02 Å². The molecule has 0 aliphatic carbocycles. The Kier molecular flexibility index (Phi) is 7.49. The second-order valence-electron chi connectivity index (χ2n) is 7.17. The summed E-state index contributed by atoms with van der Waals surface area (Å²) in [4.78, 5) is 14.5. The largest absolute Gasteiger partial charge is 0.353 e. The van der Waals surface area contributed by atoms with Crippen molar-refractivity contribution < 1.29 is 4.79 Å². The summed E-state index contributed by atoms with van der Waals surface area (Å²) in [7, 11) is 0. The molecule has 0 bridgehead atoms. The van der Waals surface area contributed by atoms with Crippen LogP contribution >= 0.6 is 11.6 Å². The van der Waals surface area contributed by atoms with Crippen molar-refractivity contribution in [3.05, 3.63) is 76.8 Å². The Morgan fingerprint density at radius 1 is 1.07 bits per heavy atom. The number of nitrogens with zero attached hydrogens (tertiary/aromatic N) is 1. The molecule has 3 nitrogen and oxygen atoms in total. The Morgan fingerprint density at radius 2 is 1.78 bits per heavy atom. The number of nitrogens with one attached hydrogen (secondary N) is 1. The van der Waals surface area contributed by atoms with E-state index < -0.39 is 0 Å². The first-order valence-corrected chi connectivity index (χ1v) is 10.0. The molecule has 0 saturated carbocycles. The van der Waals surface area contributed by atoms with E-state index in [-0.39, 0.29) is 5.91 Å². The molecule has 1 heterocycles. The summed E-state index contributed by atoms with van der Waals surface area (Å²) < 4.78 is 0. The van der Waals surface area contributed by atoms with Gasteiger partial charge in [0.15, 0.2) is 0 Å². The third kappa shape index (κ3) is 6.85. The minimum absolute atomic E-state index is 0.0357. The van der Waals surface area contributed by atoms with Crippen molar-refractivity contribution in [1.29, 1.82) is 0 Å². The minimum atomic E-state index is -0.0357. The minimum Gasteiger partial charge on any atom is -0.353 e. The van der Waals surface area contributed by atoms with Crippen LogP contribution in [0.25, 0.3) is 6.08 Å². The quantitative estimate of drug-likeness (QED) is 0.699. The topological polar surface area (TPSA) is 32.3 Å². The summed E-state index contributed by atoms with van der Waals surface area (Å²) in [6.07, 6.45) is 6.88. The highest BCUT2D eigenvalue weighted by Gasteiger charge is 2.18. The average Bonchev–Trinajstić information content (AvgIpc) is 2.70. The van der Waals surface area contributed by atoms with Crippen LogP contribution in [0.5, 0.6) is 0 Å². The molecule has 4 heteroatoms. The first-order valence-electron chi connectivity index (χ1n) is 9.67. The lowest BCUT2D eigenvalue weighted by atomic mass is 9.93. The molecule has 0 aromatic heterocycles. The molecule has 0 unspecified atom stereocenters. The summed E-state index contributed by atoms with van der Waals surface area (Å²) in [5.41, 5.74) is 2.36.